The number of methoxy groups -OCH3 is 1. The highest BCUT2D eigenvalue weighted by Crippen LogP contribution is 2.31. The van der Waals surface area contributed by atoms with Crippen LogP contribution < -0.4 is 9.47 Å². The van der Waals surface area contributed by atoms with Crippen LogP contribution in [0.2, 0.25) is 0 Å². The standard InChI is InChI=1S/C22H27N5O3/c1-4-16(30-18-10-6-5-9-17(18)29-3)22(28)27-13-7-8-15(14-27)19-20-21(26(2)25-19)24-12-11-23-20/h5-6,9-12,15-16H,4,7-8,13-14H2,1-3H3/t15-,16+/m0/s1. The Morgan fingerprint density at radius 3 is 2.77 bits per heavy atom. The molecule has 0 bridgehead atoms. The van der Waals surface area contributed by atoms with Crippen molar-refractivity contribution in [3.8, 4) is 11.5 Å². The third kappa shape index (κ3) is 3.81. The number of para-hydroxylation sites is 2. The lowest BCUT2D eigenvalue weighted by molar-refractivity contribution is -0.140. The van der Waals surface area contributed by atoms with Crippen molar-refractivity contribution in [3.63, 3.8) is 0 Å². The molecule has 0 N–H and O–H groups in total. The minimum Gasteiger partial charge on any atom is -0.493 e. The van der Waals surface area contributed by atoms with E-state index in [9.17, 15) is 4.79 Å². The summed E-state index contributed by atoms with van der Waals surface area (Å²) in [6.07, 6.45) is 5.27. The molecule has 1 aromatic carbocycles. The number of nitrogens with zero attached hydrogens (tertiary/aromatic N) is 5. The van der Waals surface area contributed by atoms with Crippen molar-refractivity contribution in [2.45, 2.75) is 38.2 Å². The molecule has 158 valence electrons. The van der Waals surface area contributed by atoms with Crippen molar-refractivity contribution in [2.75, 3.05) is 20.2 Å². The van der Waals surface area contributed by atoms with Gasteiger partial charge in [0.15, 0.2) is 23.3 Å². The quantitative estimate of drug-likeness (QED) is 0.623. The Labute approximate surface area is 175 Å². The van der Waals surface area contributed by atoms with Crippen molar-refractivity contribution >= 4 is 17.1 Å². The van der Waals surface area contributed by atoms with E-state index < -0.39 is 6.10 Å². The molecule has 1 fully saturated rings. The Morgan fingerprint density at radius 1 is 1.23 bits per heavy atom. The van der Waals surface area contributed by atoms with Crippen molar-refractivity contribution in [1.29, 1.82) is 0 Å². The third-order valence-corrected chi connectivity index (χ3v) is 5.59. The summed E-state index contributed by atoms with van der Waals surface area (Å²) in [6, 6.07) is 7.41. The number of rotatable bonds is 6. The van der Waals surface area contributed by atoms with Crippen molar-refractivity contribution < 1.29 is 14.3 Å². The van der Waals surface area contributed by atoms with Crippen molar-refractivity contribution in [3.05, 3.63) is 42.4 Å². The zero-order valence-corrected chi connectivity index (χ0v) is 17.6. The first-order valence-corrected chi connectivity index (χ1v) is 10.3. The predicted octanol–water partition coefficient (Wildman–Crippen LogP) is 2.94. The van der Waals surface area contributed by atoms with Gasteiger partial charge in [0.25, 0.3) is 5.91 Å². The van der Waals surface area contributed by atoms with E-state index in [0.717, 1.165) is 36.2 Å². The van der Waals surface area contributed by atoms with Crippen LogP contribution in [0.3, 0.4) is 0 Å². The molecule has 1 aliphatic rings. The summed E-state index contributed by atoms with van der Waals surface area (Å²) in [5.74, 6) is 1.34. The molecule has 3 aromatic rings. The molecular weight excluding hydrogens is 382 g/mol. The molecule has 0 aliphatic carbocycles. The smallest absolute Gasteiger partial charge is 0.263 e. The number of benzene rings is 1. The molecule has 1 saturated heterocycles. The zero-order valence-electron chi connectivity index (χ0n) is 17.6. The summed E-state index contributed by atoms with van der Waals surface area (Å²) in [7, 11) is 3.47. The highest BCUT2D eigenvalue weighted by molar-refractivity contribution is 5.82. The van der Waals surface area contributed by atoms with E-state index >= 15 is 0 Å². The second kappa shape index (κ2) is 8.69. The van der Waals surface area contributed by atoms with Crippen LogP contribution in [0.25, 0.3) is 11.2 Å². The molecule has 0 saturated carbocycles. The number of carbonyl (C=O) groups excluding carboxylic acids is 1. The third-order valence-electron chi connectivity index (χ3n) is 5.59. The van der Waals surface area contributed by atoms with Crippen molar-refractivity contribution in [1.82, 2.24) is 24.6 Å². The summed E-state index contributed by atoms with van der Waals surface area (Å²) in [5, 5.41) is 4.67. The summed E-state index contributed by atoms with van der Waals surface area (Å²) < 4.78 is 13.2. The lowest BCUT2D eigenvalue weighted by Crippen LogP contribution is -2.46. The highest BCUT2D eigenvalue weighted by atomic mass is 16.5. The largest absolute Gasteiger partial charge is 0.493 e. The molecule has 0 unspecified atom stereocenters. The first kappa shape index (κ1) is 20.1. The van der Waals surface area contributed by atoms with Gasteiger partial charge < -0.3 is 14.4 Å². The van der Waals surface area contributed by atoms with Gasteiger partial charge in [0, 0.05) is 38.4 Å². The van der Waals surface area contributed by atoms with Gasteiger partial charge in [-0.15, -0.1) is 0 Å². The number of hydrogen-bond acceptors (Lipinski definition) is 6. The van der Waals surface area contributed by atoms with E-state index in [4.69, 9.17) is 9.47 Å². The van der Waals surface area contributed by atoms with Gasteiger partial charge in [0.05, 0.1) is 12.8 Å². The van der Waals surface area contributed by atoms with E-state index in [1.165, 1.54) is 0 Å². The van der Waals surface area contributed by atoms with Crippen LogP contribution in [0.1, 0.15) is 37.8 Å². The number of fused-ring (bicyclic) bond motifs is 1. The monoisotopic (exact) mass is 409 g/mol. The molecular formula is C22H27N5O3. The van der Waals surface area contributed by atoms with Gasteiger partial charge in [-0.3, -0.25) is 4.79 Å². The Bertz CT molecular complexity index is 1030. The number of hydrogen-bond donors (Lipinski definition) is 0. The maximum Gasteiger partial charge on any atom is 0.263 e. The SMILES string of the molecule is CC[C@@H](Oc1ccccc1OC)C(=O)N1CCC[C@H](c2nn(C)c3nccnc23)C1. The number of amides is 1. The van der Waals surface area contributed by atoms with Gasteiger partial charge in [-0.2, -0.15) is 5.10 Å². The predicted molar refractivity (Wildman–Crippen MR) is 113 cm³/mol. The number of aryl methyl sites for hydroxylation is 1. The van der Waals surface area contributed by atoms with E-state index in [1.54, 1.807) is 24.2 Å². The topological polar surface area (TPSA) is 82.4 Å². The molecule has 8 nitrogen and oxygen atoms in total. The van der Waals surface area contributed by atoms with Crippen LogP contribution in [-0.2, 0) is 11.8 Å². The van der Waals surface area contributed by atoms with Crippen LogP contribution in [0.5, 0.6) is 11.5 Å². The molecule has 2 aromatic heterocycles. The fraction of sp³-hybridized carbons (Fsp3) is 0.455. The Kier molecular flexibility index (Phi) is 5.83. The highest BCUT2D eigenvalue weighted by Gasteiger charge is 2.32. The number of piperidine rings is 1. The summed E-state index contributed by atoms with van der Waals surface area (Å²) >= 11 is 0. The fourth-order valence-corrected chi connectivity index (χ4v) is 4.06. The summed E-state index contributed by atoms with van der Waals surface area (Å²) in [5.41, 5.74) is 2.50. The van der Waals surface area contributed by atoms with Gasteiger partial charge in [-0.1, -0.05) is 19.1 Å². The maximum atomic E-state index is 13.3. The molecule has 0 spiro atoms. The number of aromatic nitrogens is 4. The van der Waals surface area contributed by atoms with Gasteiger partial charge in [-0.25, -0.2) is 14.6 Å². The second-order valence-corrected chi connectivity index (χ2v) is 7.53. The van der Waals surface area contributed by atoms with E-state index in [-0.39, 0.29) is 11.8 Å². The molecule has 4 rings (SSSR count). The first-order chi connectivity index (χ1) is 14.6. The Morgan fingerprint density at radius 2 is 2.00 bits per heavy atom. The molecule has 1 aliphatic heterocycles. The molecule has 3 heterocycles. The Balaban J connectivity index is 1.52. The molecule has 2 atom stereocenters. The number of ether oxygens (including phenoxy) is 2. The minimum absolute atomic E-state index is 0.000531. The van der Waals surface area contributed by atoms with Crippen LogP contribution >= 0.6 is 0 Å². The van der Waals surface area contributed by atoms with Crippen LogP contribution in [0.4, 0.5) is 0 Å². The Hall–Kier alpha value is -3.16. The van der Waals surface area contributed by atoms with Crippen LogP contribution in [0, 0.1) is 0 Å². The summed E-state index contributed by atoms with van der Waals surface area (Å²) in [4.78, 5) is 24.0. The lowest BCUT2D eigenvalue weighted by atomic mass is 9.94. The minimum atomic E-state index is -0.555. The molecule has 0 radical (unpaired) electrons. The normalized spacial score (nSPS) is 17.7. The number of likely N-dealkylation sites (tertiary alicyclic amines) is 1. The van der Waals surface area contributed by atoms with Crippen LogP contribution in [0.15, 0.2) is 36.7 Å². The van der Waals surface area contributed by atoms with E-state index in [2.05, 4.69) is 15.1 Å². The van der Waals surface area contributed by atoms with E-state index in [1.807, 2.05) is 43.1 Å². The van der Waals surface area contributed by atoms with Gasteiger partial charge in [0.1, 0.15) is 5.52 Å². The fourth-order valence-electron chi connectivity index (χ4n) is 4.06. The van der Waals surface area contributed by atoms with Gasteiger partial charge in [-0.05, 0) is 31.4 Å². The number of carbonyl (C=O) groups is 1. The average Bonchev–Trinajstić information content (AvgIpc) is 3.14. The second-order valence-electron chi connectivity index (χ2n) is 7.53. The zero-order chi connectivity index (χ0) is 21.1. The van der Waals surface area contributed by atoms with Gasteiger partial charge >= 0.3 is 0 Å². The average molecular weight is 409 g/mol. The van der Waals surface area contributed by atoms with Crippen LogP contribution in [-0.4, -0.2) is 56.9 Å². The maximum absolute atomic E-state index is 13.3. The van der Waals surface area contributed by atoms with Crippen molar-refractivity contribution in [2.24, 2.45) is 7.05 Å². The summed E-state index contributed by atoms with van der Waals surface area (Å²) in [6.45, 7) is 3.28. The van der Waals surface area contributed by atoms with Gasteiger partial charge in [0.2, 0.25) is 0 Å². The van der Waals surface area contributed by atoms with E-state index in [0.29, 0.717) is 24.5 Å². The molecule has 30 heavy (non-hydrogen) atoms. The molecule has 1 amide bonds. The first-order valence-electron chi connectivity index (χ1n) is 10.3. The molecule has 8 heteroatoms. The lowest BCUT2D eigenvalue weighted by Gasteiger charge is -2.34.